The lowest BCUT2D eigenvalue weighted by Gasteiger charge is -2.33. The van der Waals surface area contributed by atoms with Crippen LogP contribution in [0.3, 0.4) is 0 Å². The van der Waals surface area contributed by atoms with Gasteiger partial charge in [0.15, 0.2) is 5.65 Å². The lowest BCUT2D eigenvalue weighted by atomic mass is 9.96. The van der Waals surface area contributed by atoms with Gasteiger partial charge in [-0.2, -0.15) is 18.3 Å². The Morgan fingerprint density at radius 1 is 1.32 bits per heavy atom. The molecule has 0 aliphatic carbocycles. The Kier molecular flexibility index (Phi) is 3.42. The Hall–Kier alpha value is -2.32. The molecule has 118 valence electrons. The second kappa shape index (κ2) is 5.15. The van der Waals surface area contributed by atoms with Crippen LogP contribution in [-0.2, 0) is 0 Å². The third-order valence-corrected chi connectivity index (χ3v) is 3.87. The first-order chi connectivity index (χ1) is 10.4. The van der Waals surface area contributed by atoms with Gasteiger partial charge in [-0.15, -0.1) is 0 Å². The molecule has 1 N–H and O–H groups in total. The number of hydrogen-bond acceptors (Lipinski definition) is 4. The Morgan fingerprint density at radius 2 is 2.00 bits per heavy atom. The van der Waals surface area contributed by atoms with E-state index < -0.39 is 18.1 Å². The van der Waals surface area contributed by atoms with Gasteiger partial charge in [-0.25, -0.2) is 14.3 Å². The lowest BCUT2D eigenvalue weighted by Crippen LogP contribution is -2.39. The van der Waals surface area contributed by atoms with Crippen molar-refractivity contribution in [3.8, 4) is 0 Å². The molecule has 0 radical (unpaired) electrons. The first-order valence-electron chi connectivity index (χ1n) is 6.75. The molecule has 22 heavy (non-hydrogen) atoms. The van der Waals surface area contributed by atoms with Gasteiger partial charge >= 0.3 is 12.1 Å². The topological polar surface area (TPSA) is 70.7 Å². The van der Waals surface area contributed by atoms with Crippen LogP contribution in [0.5, 0.6) is 0 Å². The van der Waals surface area contributed by atoms with Crippen molar-refractivity contribution in [1.29, 1.82) is 0 Å². The van der Waals surface area contributed by atoms with Crippen molar-refractivity contribution in [2.75, 3.05) is 18.0 Å². The highest BCUT2D eigenvalue weighted by atomic mass is 19.4. The molecule has 0 amide bonds. The Labute approximate surface area is 123 Å². The van der Waals surface area contributed by atoms with Gasteiger partial charge in [0, 0.05) is 19.3 Å². The predicted molar refractivity (Wildman–Crippen MR) is 70.9 cm³/mol. The normalized spacial score (nSPS) is 17.1. The standard InChI is InChI=1S/C13H13F3N4O2/c14-13(15,16)8-1-4-19(5-2-8)10-3-6-20-11(18-10)9(7-17-20)12(21)22/h3,6-8H,1-2,4-5H2,(H,21,22). The minimum atomic E-state index is -4.16. The van der Waals surface area contributed by atoms with E-state index in [1.54, 1.807) is 17.2 Å². The van der Waals surface area contributed by atoms with E-state index in [0.29, 0.717) is 5.82 Å². The smallest absolute Gasteiger partial charge is 0.391 e. The van der Waals surface area contributed by atoms with Gasteiger partial charge in [0.05, 0.1) is 12.1 Å². The number of aromatic carboxylic acids is 1. The fourth-order valence-corrected chi connectivity index (χ4v) is 2.62. The Bertz CT molecular complexity index is 705. The highest BCUT2D eigenvalue weighted by molar-refractivity contribution is 5.94. The molecule has 0 aromatic carbocycles. The molecule has 6 nitrogen and oxygen atoms in total. The summed E-state index contributed by atoms with van der Waals surface area (Å²) < 4.78 is 39.3. The van der Waals surface area contributed by atoms with E-state index in [2.05, 4.69) is 10.1 Å². The number of fused-ring (bicyclic) bond motifs is 1. The van der Waals surface area contributed by atoms with E-state index in [1.807, 2.05) is 0 Å². The van der Waals surface area contributed by atoms with Crippen LogP contribution in [0.25, 0.3) is 5.65 Å². The van der Waals surface area contributed by atoms with E-state index in [1.165, 1.54) is 10.7 Å². The summed E-state index contributed by atoms with van der Waals surface area (Å²) >= 11 is 0. The second-order valence-corrected chi connectivity index (χ2v) is 5.22. The molecular formula is C13H13F3N4O2. The number of piperidine rings is 1. The molecule has 3 rings (SSSR count). The maximum absolute atomic E-state index is 12.7. The summed E-state index contributed by atoms with van der Waals surface area (Å²) in [5, 5.41) is 12.9. The summed E-state index contributed by atoms with van der Waals surface area (Å²) in [5.41, 5.74) is 0.148. The number of carboxylic acids is 1. The fraction of sp³-hybridized carbons (Fsp3) is 0.462. The zero-order valence-corrected chi connectivity index (χ0v) is 11.4. The van der Waals surface area contributed by atoms with Crippen molar-refractivity contribution >= 4 is 17.4 Å². The molecule has 3 heterocycles. The van der Waals surface area contributed by atoms with Gasteiger partial charge in [-0.3, -0.25) is 0 Å². The van der Waals surface area contributed by atoms with E-state index in [0.717, 1.165) is 0 Å². The van der Waals surface area contributed by atoms with Crippen molar-refractivity contribution in [1.82, 2.24) is 14.6 Å². The predicted octanol–water partition coefficient (Wildman–Crippen LogP) is 2.21. The van der Waals surface area contributed by atoms with Gasteiger partial charge in [-0.1, -0.05) is 0 Å². The molecule has 0 saturated carbocycles. The molecule has 1 aliphatic rings. The van der Waals surface area contributed by atoms with Crippen LogP contribution in [0.1, 0.15) is 23.2 Å². The molecule has 1 fully saturated rings. The SMILES string of the molecule is O=C(O)c1cnn2ccc(N3CCC(C(F)(F)F)CC3)nc12. The van der Waals surface area contributed by atoms with Gasteiger partial charge in [0.1, 0.15) is 11.4 Å². The summed E-state index contributed by atoms with van der Waals surface area (Å²) in [7, 11) is 0. The molecule has 0 bridgehead atoms. The lowest BCUT2D eigenvalue weighted by molar-refractivity contribution is -0.179. The van der Waals surface area contributed by atoms with Crippen LogP contribution >= 0.6 is 0 Å². The van der Waals surface area contributed by atoms with E-state index in [9.17, 15) is 18.0 Å². The van der Waals surface area contributed by atoms with Crippen molar-refractivity contribution in [2.24, 2.45) is 5.92 Å². The maximum Gasteiger partial charge on any atom is 0.391 e. The molecule has 2 aromatic rings. The Morgan fingerprint density at radius 3 is 2.59 bits per heavy atom. The molecule has 0 spiro atoms. The van der Waals surface area contributed by atoms with E-state index in [-0.39, 0.29) is 37.1 Å². The number of anilines is 1. The monoisotopic (exact) mass is 314 g/mol. The van der Waals surface area contributed by atoms with Crippen molar-refractivity contribution in [3.05, 3.63) is 24.0 Å². The molecular weight excluding hydrogens is 301 g/mol. The number of aromatic nitrogens is 3. The molecule has 1 aliphatic heterocycles. The first kappa shape index (κ1) is 14.6. The molecule has 2 aromatic heterocycles. The number of rotatable bonds is 2. The maximum atomic E-state index is 12.7. The number of nitrogens with zero attached hydrogens (tertiary/aromatic N) is 4. The summed E-state index contributed by atoms with van der Waals surface area (Å²) in [4.78, 5) is 17.1. The molecule has 9 heteroatoms. The zero-order chi connectivity index (χ0) is 15.9. The second-order valence-electron chi connectivity index (χ2n) is 5.22. The highest BCUT2D eigenvalue weighted by Gasteiger charge is 2.41. The third-order valence-electron chi connectivity index (χ3n) is 3.87. The minimum Gasteiger partial charge on any atom is -0.477 e. The number of alkyl halides is 3. The van der Waals surface area contributed by atoms with Crippen molar-refractivity contribution < 1.29 is 23.1 Å². The summed E-state index contributed by atoms with van der Waals surface area (Å²) in [6.45, 7) is 0.480. The molecule has 0 atom stereocenters. The Balaban J connectivity index is 1.83. The fourth-order valence-electron chi connectivity index (χ4n) is 2.62. The first-order valence-corrected chi connectivity index (χ1v) is 6.75. The van der Waals surface area contributed by atoms with Crippen LogP contribution in [0.2, 0.25) is 0 Å². The average Bonchev–Trinajstić information content (AvgIpc) is 2.89. The quantitative estimate of drug-likeness (QED) is 0.920. The van der Waals surface area contributed by atoms with Crippen LogP contribution in [0.4, 0.5) is 19.0 Å². The number of carboxylic acid groups (broad SMARTS) is 1. The number of halogens is 3. The van der Waals surface area contributed by atoms with Crippen LogP contribution in [-0.4, -0.2) is 44.9 Å². The largest absolute Gasteiger partial charge is 0.477 e. The van der Waals surface area contributed by atoms with Crippen molar-refractivity contribution in [3.63, 3.8) is 0 Å². The van der Waals surface area contributed by atoms with Gasteiger partial charge in [0.25, 0.3) is 0 Å². The average molecular weight is 314 g/mol. The minimum absolute atomic E-state index is 0.0153. The van der Waals surface area contributed by atoms with Crippen LogP contribution in [0, 0.1) is 5.92 Å². The summed E-state index contributed by atoms with van der Waals surface area (Å²) in [5.74, 6) is -1.96. The van der Waals surface area contributed by atoms with Gasteiger partial charge < -0.3 is 10.0 Å². The molecule has 1 saturated heterocycles. The third kappa shape index (κ3) is 2.58. The van der Waals surface area contributed by atoms with Gasteiger partial charge in [0.2, 0.25) is 0 Å². The number of carbonyl (C=O) groups is 1. The van der Waals surface area contributed by atoms with Crippen molar-refractivity contribution in [2.45, 2.75) is 19.0 Å². The van der Waals surface area contributed by atoms with E-state index in [4.69, 9.17) is 5.11 Å². The van der Waals surface area contributed by atoms with Crippen LogP contribution < -0.4 is 4.90 Å². The highest BCUT2D eigenvalue weighted by Crippen LogP contribution is 2.35. The number of hydrogen-bond donors (Lipinski definition) is 1. The summed E-state index contributed by atoms with van der Waals surface area (Å²) in [6, 6.07) is 1.62. The molecule has 0 unspecified atom stereocenters. The van der Waals surface area contributed by atoms with E-state index >= 15 is 0 Å². The zero-order valence-electron chi connectivity index (χ0n) is 11.4. The van der Waals surface area contributed by atoms with Crippen LogP contribution in [0.15, 0.2) is 18.5 Å². The summed E-state index contributed by atoms with van der Waals surface area (Å²) in [6.07, 6.45) is -1.38. The van der Waals surface area contributed by atoms with Gasteiger partial charge in [-0.05, 0) is 18.9 Å².